The first kappa shape index (κ1) is 21.1. The second kappa shape index (κ2) is 8.80. The van der Waals surface area contributed by atoms with E-state index in [1.165, 1.54) is 16.4 Å². The molecule has 0 aromatic heterocycles. The highest BCUT2D eigenvalue weighted by Crippen LogP contribution is 2.21. The predicted molar refractivity (Wildman–Crippen MR) is 111 cm³/mol. The molecule has 1 amide bonds. The van der Waals surface area contributed by atoms with Crippen LogP contribution in [0.1, 0.15) is 6.92 Å². The second-order valence-corrected chi connectivity index (χ2v) is 9.38. The van der Waals surface area contributed by atoms with E-state index in [1.54, 1.807) is 36.4 Å². The number of carbonyl (C=O) groups excluding carboxylic acids is 1. The minimum atomic E-state index is -3.57. The van der Waals surface area contributed by atoms with Crippen molar-refractivity contribution in [2.24, 2.45) is 0 Å². The smallest absolute Gasteiger partial charge is 0.243 e. The van der Waals surface area contributed by atoms with Crippen LogP contribution in [-0.2, 0) is 14.8 Å². The van der Waals surface area contributed by atoms with Gasteiger partial charge in [-0.25, -0.2) is 8.42 Å². The molecule has 1 aliphatic heterocycles. The van der Waals surface area contributed by atoms with Gasteiger partial charge in [-0.3, -0.25) is 9.69 Å². The number of amides is 1. The number of halogens is 2. The van der Waals surface area contributed by atoms with Gasteiger partial charge in [-0.1, -0.05) is 29.3 Å². The summed E-state index contributed by atoms with van der Waals surface area (Å²) in [6, 6.07) is 12.7. The van der Waals surface area contributed by atoms with E-state index in [0.29, 0.717) is 41.9 Å². The molecule has 6 nitrogen and oxygen atoms in total. The summed E-state index contributed by atoms with van der Waals surface area (Å²) in [6.07, 6.45) is 0. The zero-order valence-corrected chi connectivity index (χ0v) is 17.6. The normalized spacial score (nSPS) is 17.2. The molecule has 150 valence electrons. The number of hydrogen-bond acceptors (Lipinski definition) is 4. The first-order valence-corrected chi connectivity index (χ1v) is 11.0. The average molecular weight is 442 g/mol. The van der Waals surface area contributed by atoms with E-state index >= 15 is 0 Å². The summed E-state index contributed by atoms with van der Waals surface area (Å²) in [4.78, 5) is 14.7. The summed E-state index contributed by atoms with van der Waals surface area (Å²) >= 11 is 11.8. The zero-order valence-electron chi connectivity index (χ0n) is 15.3. The first-order valence-electron chi connectivity index (χ1n) is 8.83. The Morgan fingerprint density at radius 1 is 1.00 bits per heavy atom. The molecule has 9 heteroatoms. The highest BCUT2D eigenvalue weighted by atomic mass is 35.5. The Morgan fingerprint density at radius 2 is 1.64 bits per heavy atom. The van der Waals surface area contributed by atoms with E-state index in [4.69, 9.17) is 23.2 Å². The van der Waals surface area contributed by atoms with Crippen molar-refractivity contribution in [1.29, 1.82) is 0 Å². The maximum atomic E-state index is 12.8. The molecule has 0 saturated carbocycles. The molecule has 0 spiro atoms. The lowest BCUT2D eigenvalue weighted by atomic mass is 10.2. The van der Waals surface area contributed by atoms with Crippen molar-refractivity contribution >= 4 is 44.8 Å². The van der Waals surface area contributed by atoms with Gasteiger partial charge < -0.3 is 5.32 Å². The van der Waals surface area contributed by atoms with Crippen LogP contribution in [0, 0.1) is 0 Å². The Bertz CT molecular complexity index is 943. The van der Waals surface area contributed by atoms with E-state index < -0.39 is 10.0 Å². The van der Waals surface area contributed by atoms with E-state index in [0.717, 1.165) is 0 Å². The third-order valence-corrected chi connectivity index (χ3v) is 7.14. The summed E-state index contributed by atoms with van der Waals surface area (Å²) in [6.45, 7) is 3.39. The van der Waals surface area contributed by atoms with Crippen molar-refractivity contribution in [2.75, 3.05) is 31.5 Å². The molecule has 0 bridgehead atoms. The van der Waals surface area contributed by atoms with E-state index in [2.05, 4.69) is 5.32 Å². The molecule has 1 heterocycles. The highest BCUT2D eigenvalue weighted by Gasteiger charge is 2.31. The van der Waals surface area contributed by atoms with Crippen LogP contribution in [-0.4, -0.2) is 55.8 Å². The minimum Gasteiger partial charge on any atom is -0.325 e. The summed E-state index contributed by atoms with van der Waals surface area (Å²) < 4.78 is 26.9. The van der Waals surface area contributed by atoms with Gasteiger partial charge >= 0.3 is 0 Å². The number of anilines is 1. The van der Waals surface area contributed by atoms with Crippen molar-refractivity contribution in [3.8, 4) is 0 Å². The lowest BCUT2D eigenvalue weighted by Crippen LogP contribution is -2.53. The van der Waals surface area contributed by atoms with Gasteiger partial charge in [-0.05, 0) is 49.4 Å². The monoisotopic (exact) mass is 441 g/mol. The van der Waals surface area contributed by atoms with Gasteiger partial charge in [-0.2, -0.15) is 4.31 Å². The van der Waals surface area contributed by atoms with Crippen LogP contribution < -0.4 is 5.32 Å². The second-order valence-electron chi connectivity index (χ2n) is 6.57. The molecule has 1 fully saturated rings. The van der Waals surface area contributed by atoms with Crippen molar-refractivity contribution in [3.05, 3.63) is 58.6 Å². The third-order valence-electron chi connectivity index (χ3n) is 4.74. The lowest BCUT2D eigenvalue weighted by Gasteiger charge is -2.36. The topological polar surface area (TPSA) is 69.7 Å². The van der Waals surface area contributed by atoms with Crippen LogP contribution in [0.15, 0.2) is 53.4 Å². The van der Waals surface area contributed by atoms with Crippen molar-refractivity contribution in [1.82, 2.24) is 9.21 Å². The van der Waals surface area contributed by atoms with Crippen molar-refractivity contribution in [2.45, 2.75) is 17.9 Å². The molecule has 0 aliphatic carbocycles. The number of carbonyl (C=O) groups is 1. The largest absolute Gasteiger partial charge is 0.325 e. The summed E-state index contributed by atoms with van der Waals surface area (Å²) in [5.41, 5.74) is 0.633. The van der Waals surface area contributed by atoms with Gasteiger partial charge in [0, 0.05) is 41.9 Å². The number of hydrogen-bond donors (Lipinski definition) is 1. The number of piperazine rings is 1. The Hall–Kier alpha value is -1.64. The Morgan fingerprint density at radius 3 is 2.25 bits per heavy atom. The summed E-state index contributed by atoms with van der Waals surface area (Å²) in [5, 5.41) is 3.88. The fourth-order valence-corrected chi connectivity index (χ4v) is 4.80. The van der Waals surface area contributed by atoms with Gasteiger partial charge in [0.15, 0.2) is 0 Å². The van der Waals surface area contributed by atoms with Crippen LogP contribution in [0.25, 0.3) is 0 Å². The molecular formula is C19H21Cl2N3O3S. The first-order chi connectivity index (χ1) is 13.3. The quantitative estimate of drug-likeness (QED) is 0.772. The van der Waals surface area contributed by atoms with Crippen LogP contribution in [0.3, 0.4) is 0 Å². The molecule has 1 saturated heterocycles. The molecule has 0 unspecified atom stereocenters. The zero-order chi connectivity index (χ0) is 20.3. The Balaban J connectivity index is 1.59. The van der Waals surface area contributed by atoms with Gasteiger partial charge in [0.2, 0.25) is 15.9 Å². The Labute approximate surface area is 175 Å². The fourth-order valence-electron chi connectivity index (χ4n) is 3.07. The molecule has 2 aromatic rings. The van der Waals surface area contributed by atoms with Crippen molar-refractivity contribution in [3.63, 3.8) is 0 Å². The summed E-state index contributed by atoms with van der Waals surface area (Å²) in [5.74, 6) is -0.156. The van der Waals surface area contributed by atoms with Crippen LogP contribution in [0.5, 0.6) is 0 Å². The molecule has 28 heavy (non-hydrogen) atoms. The number of benzene rings is 2. The molecule has 2 aromatic carbocycles. The maximum Gasteiger partial charge on any atom is 0.243 e. The lowest BCUT2D eigenvalue weighted by molar-refractivity contribution is -0.121. The maximum absolute atomic E-state index is 12.8. The average Bonchev–Trinajstić information content (AvgIpc) is 2.68. The third kappa shape index (κ3) is 4.85. The van der Waals surface area contributed by atoms with Crippen LogP contribution in [0.4, 0.5) is 5.69 Å². The molecular weight excluding hydrogens is 421 g/mol. The number of nitrogens with one attached hydrogen (secondary N) is 1. The van der Waals surface area contributed by atoms with E-state index in [-0.39, 0.29) is 16.8 Å². The molecule has 1 atom stereocenters. The SMILES string of the molecule is C[C@@H](C(=O)Nc1cccc(Cl)c1)N1CCN(S(=O)(=O)c2ccc(Cl)cc2)CC1. The number of rotatable bonds is 5. The van der Waals surface area contributed by atoms with Gasteiger partial charge in [0.05, 0.1) is 10.9 Å². The molecule has 1 aliphatic rings. The number of nitrogens with zero attached hydrogens (tertiary/aromatic N) is 2. The molecule has 1 N–H and O–H groups in total. The highest BCUT2D eigenvalue weighted by molar-refractivity contribution is 7.89. The van der Waals surface area contributed by atoms with Crippen LogP contribution >= 0.6 is 23.2 Å². The molecule has 3 rings (SSSR count). The van der Waals surface area contributed by atoms with E-state index in [9.17, 15) is 13.2 Å². The van der Waals surface area contributed by atoms with Gasteiger partial charge in [0.25, 0.3) is 0 Å². The number of sulfonamides is 1. The molecule has 0 radical (unpaired) electrons. The van der Waals surface area contributed by atoms with Crippen molar-refractivity contribution < 1.29 is 13.2 Å². The fraction of sp³-hybridized carbons (Fsp3) is 0.316. The van der Waals surface area contributed by atoms with Gasteiger partial charge in [-0.15, -0.1) is 0 Å². The predicted octanol–water partition coefficient (Wildman–Crippen LogP) is 3.33. The summed E-state index contributed by atoms with van der Waals surface area (Å²) in [7, 11) is -3.57. The minimum absolute atomic E-state index is 0.156. The van der Waals surface area contributed by atoms with E-state index in [1.807, 2.05) is 11.8 Å². The van der Waals surface area contributed by atoms with Gasteiger partial charge in [0.1, 0.15) is 0 Å². The van der Waals surface area contributed by atoms with Crippen LogP contribution in [0.2, 0.25) is 10.0 Å². The Kier molecular flexibility index (Phi) is 6.62. The standard InChI is InChI=1S/C19H21Cl2N3O3S/c1-14(19(25)22-17-4-2-3-16(21)13-17)23-9-11-24(12-10-23)28(26,27)18-7-5-15(20)6-8-18/h2-8,13-14H,9-12H2,1H3,(H,22,25)/t14-/m0/s1.